The van der Waals surface area contributed by atoms with E-state index in [1.807, 2.05) is 66.7 Å². The first-order valence-electron chi connectivity index (χ1n) is 9.21. The van der Waals surface area contributed by atoms with E-state index in [0.29, 0.717) is 12.8 Å². The molecule has 3 nitrogen and oxygen atoms in total. The van der Waals surface area contributed by atoms with E-state index in [1.54, 1.807) is 4.90 Å². The highest BCUT2D eigenvalue weighted by Crippen LogP contribution is 2.39. The SMILES string of the molecule is O=C1CCCC2=C1C(/C=C/c1ccccc1)CC(=O)N2c1ccc(I)cc1. The fraction of sp³-hybridized carbons (Fsp3) is 0.217. The summed E-state index contributed by atoms with van der Waals surface area (Å²) in [5.74, 6) is 0.106. The van der Waals surface area contributed by atoms with Crippen LogP contribution < -0.4 is 4.90 Å². The second-order valence-corrected chi connectivity index (χ2v) is 8.17. The molecule has 136 valence electrons. The Labute approximate surface area is 172 Å². The highest BCUT2D eigenvalue weighted by molar-refractivity contribution is 14.1. The molecule has 0 bridgehead atoms. The molecule has 0 saturated heterocycles. The summed E-state index contributed by atoms with van der Waals surface area (Å²) in [6.07, 6.45) is 6.53. The van der Waals surface area contributed by atoms with Crippen LogP contribution in [0.15, 0.2) is 71.9 Å². The lowest BCUT2D eigenvalue weighted by molar-refractivity contribution is -0.120. The maximum atomic E-state index is 13.0. The first-order valence-corrected chi connectivity index (χ1v) is 10.3. The van der Waals surface area contributed by atoms with Gasteiger partial charge in [0.25, 0.3) is 0 Å². The van der Waals surface area contributed by atoms with Gasteiger partial charge >= 0.3 is 0 Å². The number of anilines is 1. The van der Waals surface area contributed by atoms with Gasteiger partial charge in [-0.25, -0.2) is 0 Å². The number of hydrogen-bond donors (Lipinski definition) is 0. The lowest BCUT2D eigenvalue weighted by atomic mass is 9.80. The van der Waals surface area contributed by atoms with E-state index in [1.165, 1.54) is 0 Å². The van der Waals surface area contributed by atoms with Gasteiger partial charge in [-0.3, -0.25) is 14.5 Å². The number of carbonyl (C=O) groups excluding carboxylic acids is 2. The van der Waals surface area contributed by atoms with Gasteiger partial charge in [0.05, 0.1) is 0 Å². The Balaban J connectivity index is 1.74. The Morgan fingerprint density at radius 2 is 1.70 bits per heavy atom. The molecule has 2 aliphatic rings. The summed E-state index contributed by atoms with van der Waals surface area (Å²) in [7, 11) is 0. The molecule has 1 aliphatic heterocycles. The molecule has 1 unspecified atom stereocenters. The molecule has 0 saturated carbocycles. The van der Waals surface area contributed by atoms with Gasteiger partial charge < -0.3 is 0 Å². The minimum atomic E-state index is -0.138. The standard InChI is InChI=1S/C23H20INO2/c24-18-11-13-19(14-12-18)25-20-7-4-8-21(26)23(20)17(15-22(25)27)10-9-16-5-2-1-3-6-16/h1-3,5-6,9-14,17H,4,7-8,15H2/b10-9+. The van der Waals surface area contributed by atoms with Crippen molar-refractivity contribution in [1.82, 2.24) is 0 Å². The summed E-state index contributed by atoms with van der Waals surface area (Å²) < 4.78 is 1.12. The first-order chi connectivity index (χ1) is 13.1. The number of ketones is 1. The largest absolute Gasteiger partial charge is 0.294 e. The molecule has 2 aromatic rings. The minimum Gasteiger partial charge on any atom is -0.294 e. The van der Waals surface area contributed by atoms with Crippen molar-refractivity contribution in [2.24, 2.45) is 5.92 Å². The normalized spacial score (nSPS) is 20.3. The summed E-state index contributed by atoms with van der Waals surface area (Å²) >= 11 is 2.25. The summed E-state index contributed by atoms with van der Waals surface area (Å²) in [6.45, 7) is 0. The van der Waals surface area contributed by atoms with E-state index in [0.717, 1.165) is 38.9 Å². The van der Waals surface area contributed by atoms with Crippen LogP contribution in [0.25, 0.3) is 6.08 Å². The molecule has 0 spiro atoms. The summed E-state index contributed by atoms with van der Waals surface area (Å²) in [5, 5.41) is 0. The molecule has 2 aromatic carbocycles. The van der Waals surface area contributed by atoms with Crippen molar-refractivity contribution in [2.45, 2.75) is 25.7 Å². The smallest absolute Gasteiger partial charge is 0.232 e. The van der Waals surface area contributed by atoms with Crippen molar-refractivity contribution in [3.8, 4) is 0 Å². The van der Waals surface area contributed by atoms with E-state index < -0.39 is 0 Å². The Bertz CT molecular complexity index is 929. The van der Waals surface area contributed by atoms with Gasteiger partial charge in [-0.15, -0.1) is 0 Å². The van der Waals surface area contributed by atoms with Crippen LogP contribution in [0.5, 0.6) is 0 Å². The topological polar surface area (TPSA) is 37.4 Å². The summed E-state index contributed by atoms with van der Waals surface area (Å²) in [5.41, 5.74) is 3.65. The average Bonchev–Trinajstić information content (AvgIpc) is 2.68. The molecule has 1 atom stereocenters. The number of benzene rings is 2. The zero-order valence-electron chi connectivity index (χ0n) is 14.9. The number of Topliss-reactive ketones (excluding diaryl/α,β-unsaturated/α-hetero) is 1. The minimum absolute atomic E-state index is 0.0624. The van der Waals surface area contributed by atoms with Crippen LogP contribution in [0, 0.1) is 9.49 Å². The molecule has 0 fully saturated rings. The lowest BCUT2D eigenvalue weighted by Crippen LogP contribution is -2.40. The second kappa shape index (κ2) is 7.80. The Morgan fingerprint density at radius 3 is 2.44 bits per heavy atom. The van der Waals surface area contributed by atoms with Crippen molar-refractivity contribution in [2.75, 3.05) is 4.90 Å². The number of hydrogen-bond acceptors (Lipinski definition) is 2. The van der Waals surface area contributed by atoms with Crippen LogP contribution in [-0.4, -0.2) is 11.7 Å². The van der Waals surface area contributed by atoms with Crippen LogP contribution in [0.2, 0.25) is 0 Å². The zero-order chi connectivity index (χ0) is 18.8. The fourth-order valence-electron chi connectivity index (χ4n) is 3.88. The van der Waals surface area contributed by atoms with Crippen molar-refractivity contribution in [1.29, 1.82) is 0 Å². The molecule has 4 heteroatoms. The maximum Gasteiger partial charge on any atom is 0.232 e. The summed E-state index contributed by atoms with van der Waals surface area (Å²) in [4.78, 5) is 27.5. The van der Waals surface area contributed by atoms with Crippen molar-refractivity contribution >= 4 is 46.0 Å². The lowest BCUT2D eigenvalue weighted by Gasteiger charge is -2.37. The number of nitrogens with zero attached hydrogens (tertiary/aromatic N) is 1. The van der Waals surface area contributed by atoms with E-state index in [9.17, 15) is 9.59 Å². The number of amides is 1. The van der Waals surface area contributed by atoms with Gasteiger partial charge in [-0.2, -0.15) is 0 Å². The van der Waals surface area contributed by atoms with Crippen molar-refractivity contribution in [3.63, 3.8) is 0 Å². The molecule has 1 aliphatic carbocycles. The fourth-order valence-corrected chi connectivity index (χ4v) is 4.24. The maximum absolute atomic E-state index is 13.0. The van der Waals surface area contributed by atoms with Crippen LogP contribution in [0.3, 0.4) is 0 Å². The molecule has 0 radical (unpaired) electrons. The Hall–Kier alpha value is -2.21. The predicted molar refractivity (Wildman–Crippen MR) is 116 cm³/mol. The zero-order valence-corrected chi connectivity index (χ0v) is 17.1. The molecule has 27 heavy (non-hydrogen) atoms. The highest BCUT2D eigenvalue weighted by Gasteiger charge is 2.37. The van der Waals surface area contributed by atoms with Crippen LogP contribution in [-0.2, 0) is 9.59 Å². The molecule has 4 rings (SSSR count). The third kappa shape index (κ3) is 3.76. The van der Waals surface area contributed by atoms with Gasteiger partial charge in [-0.1, -0.05) is 42.5 Å². The number of halogens is 1. The number of carbonyl (C=O) groups is 2. The van der Waals surface area contributed by atoms with E-state index in [-0.39, 0.29) is 17.6 Å². The molecular formula is C23H20INO2. The van der Waals surface area contributed by atoms with Crippen molar-refractivity contribution in [3.05, 3.63) is 81.1 Å². The predicted octanol–water partition coefficient (Wildman–Crippen LogP) is 5.36. The average molecular weight is 469 g/mol. The van der Waals surface area contributed by atoms with Gasteiger partial charge in [0.15, 0.2) is 5.78 Å². The molecule has 0 aromatic heterocycles. The van der Waals surface area contributed by atoms with Crippen molar-refractivity contribution < 1.29 is 9.59 Å². The quantitative estimate of drug-likeness (QED) is 0.568. The Kier molecular flexibility index (Phi) is 5.25. The highest BCUT2D eigenvalue weighted by atomic mass is 127. The number of allylic oxidation sites excluding steroid dienone is 3. The van der Waals surface area contributed by atoms with Crippen LogP contribution in [0.4, 0.5) is 5.69 Å². The Morgan fingerprint density at radius 1 is 0.963 bits per heavy atom. The monoisotopic (exact) mass is 469 g/mol. The van der Waals surface area contributed by atoms with Crippen LogP contribution in [0.1, 0.15) is 31.2 Å². The molecular weight excluding hydrogens is 449 g/mol. The van der Waals surface area contributed by atoms with Gasteiger partial charge in [0.1, 0.15) is 0 Å². The first kappa shape index (κ1) is 18.2. The molecule has 1 heterocycles. The van der Waals surface area contributed by atoms with Gasteiger partial charge in [-0.05, 0) is 65.3 Å². The molecule has 1 amide bonds. The van der Waals surface area contributed by atoms with E-state index >= 15 is 0 Å². The third-order valence-electron chi connectivity index (χ3n) is 5.12. The second-order valence-electron chi connectivity index (χ2n) is 6.92. The van der Waals surface area contributed by atoms with Gasteiger partial charge in [0, 0.05) is 39.3 Å². The third-order valence-corrected chi connectivity index (χ3v) is 5.84. The van der Waals surface area contributed by atoms with Crippen LogP contribution >= 0.6 is 22.6 Å². The van der Waals surface area contributed by atoms with E-state index in [2.05, 4.69) is 22.6 Å². The number of rotatable bonds is 3. The van der Waals surface area contributed by atoms with E-state index in [4.69, 9.17) is 0 Å². The summed E-state index contributed by atoms with van der Waals surface area (Å²) in [6, 6.07) is 17.9. The van der Waals surface area contributed by atoms with Gasteiger partial charge in [0.2, 0.25) is 5.91 Å². The molecule has 0 N–H and O–H groups in total.